The third-order valence-electron chi connectivity index (χ3n) is 4.08. The lowest BCUT2D eigenvalue weighted by molar-refractivity contribution is 0.234. The molecule has 5 heteroatoms. The maximum absolute atomic E-state index is 11.6. The topological polar surface area (TPSA) is 66.4 Å². The van der Waals surface area contributed by atoms with Gasteiger partial charge >= 0.3 is 0 Å². The smallest absolute Gasteiger partial charge is 0.175 e. The molecule has 0 spiro atoms. The molecular formula is C18H19NO3S. The van der Waals surface area contributed by atoms with Crippen LogP contribution in [0.4, 0.5) is 0 Å². The molecule has 0 saturated carbocycles. The highest BCUT2D eigenvalue weighted by molar-refractivity contribution is 7.90. The van der Waals surface area contributed by atoms with Crippen molar-refractivity contribution in [2.75, 3.05) is 12.9 Å². The van der Waals surface area contributed by atoms with E-state index in [4.69, 9.17) is 0 Å². The summed E-state index contributed by atoms with van der Waals surface area (Å²) in [6.07, 6.45) is 3.23. The van der Waals surface area contributed by atoms with Gasteiger partial charge in [-0.3, -0.25) is 0 Å². The second-order valence-corrected chi connectivity index (χ2v) is 7.77. The summed E-state index contributed by atoms with van der Waals surface area (Å²) >= 11 is 0. The average Bonchev–Trinajstić information content (AvgIpc) is 2.99. The Morgan fingerprint density at radius 1 is 1.04 bits per heavy atom. The highest BCUT2D eigenvalue weighted by Gasteiger charge is 2.28. The molecule has 0 bridgehead atoms. The van der Waals surface area contributed by atoms with Crippen LogP contribution in [0.3, 0.4) is 0 Å². The maximum Gasteiger partial charge on any atom is 0.175 e. The van der Waals surface area contributed by atoms with E-state index >= 15 is 0 Å². The van der Waals surface area contributed by atoms with Gasteiger partial charge in [-0.25, -0.2) is 8.42 Å². The molecule has 0 unspecified atom stereocenters. The van der Waals surface area contributed by atoms with Gasteiger partial charge in [-0.15, -0.1) is 0 Å². The standard InChI is InChI=1S/C18H19NO3S/c1-23(21,22)16-9-7-14(8-10-16)18-15(12-20)11-17(19-18)13-5-3-2-4-6-13/h2-11,15,18-20H,12H2,1H3/t15-,18-/m0/s1. The van der Waals surface area contributed by atoms with Gasteiger partial charge in [-0.1, -0.05) is 48.5 Å². The summed E-state index contributed by atoms with van der Waals surface area (Å²) in [6.45, 7) is 0.0296. The molecule has 3 rings (SSSR count). The lowest BCUT2D eigenvalue weighted by Crippen LogP contribution is -2.21. The van der Waals surface area contributed by atoms with Gasteiger partial charge in [-0.05, 0) is 23.3 Å². The van der Waals surface area contributed by atoms with E-state index in [0.717, 1.165) is 16.8 Å². The van der Waals surface area contributed by atoms with Crippen LogP contribution in [0.1, 0.15) is 17.2 Å². The van der Waals surface area contributed by atoms with Crippen molar-refractivity contribution in [1.82, 2.24) is 5.32 Å². The third-order valence-corrected chi connectivity index (χ3v) is 5.21. The van der Waals surface area contributed by atoms with Crippen molar-refractivity contribution >= 4 is 15.5 Å². The predicted octanol–water partition coefficient (Wildman–Crippen LogP) is 2.38. The third kappa shape index (κ3) is 3.30. The van der Waals surface area contributed by atoms with E-state index in [0.29, 0.717) is 4.90 Å². The first-order valence-electron chi connectivity index (χ1n) is 7.43. The second kappa shape index (κ2) is 6.18. The first-order chi connectivity index (χ1) is 11.0. The highest BCUT2D eigenvalue weighted by atomic mass is 32.2. The molecule has 2 aromatic rings. The monoisotopic (exact) mass is 329 g/mol. The number of aliphatic hydroxyl groups is 1. The van der Waals surface area contributed by atoms with Gasteiger partial charge in [0, 0.05) is 17.9 Å². The summed E-state index contributed by atoms with van der Waals surface area (Å²) in [7, 11) is -3.20. The van der Waals surface area contributed by atoms with Gasteiger partial charge in [0.25, 0.3) is 0 Å². The van der Waals surface area contributed by atoms with E-state index in [2.05, 4.69) is 5.32 Å². The van der Waals surface area contributed by atoms with Crippen LogP contribution in [0.2, 0.25) is 0 Å². The minimum Gasteiger partial charge on any atom is -0.396 e. The molecule has 0 saturated heterocycles. The molecule has 2 N–H and O–H groups in total. The van der Waals surface area contributed by atoms with E-state index in [-0.39, 0.29) is 18.6 Å². The summed E-state index contributed by atoms with van der Waals surface area (Å²) in [5.41, 5.74) is 3.02. The van der Waals surface area contributed by atoms with Crippen LogP contribution >= 0.6 is 0 Å². The Labute approximate surface area is 136 Å². The molecule has 120 valence electrons. The van der Waals surface area contributed by atoms with Gasteiger partial charge in [0.2, 0.25) is 0 Å². The number of rotatable bonds is 4. The second-order valence-electron chi connectivity index (χ2n) is 5.76. The van der Waals surface area contributed by atoms with Crippen LogP contribution < -0.4 is 5.32 Å². The van der Waals surface area contributed by atoms with Gasteiger partial charge in [-0.2, -0.15) is 0 Å². The summed E-state index contributed by atoms with van der Waals surface area (Å²) < 4.78 is 23.1. The van der Waals surface area contributed by atoms with E-state index in [9.17, 15) is 13.5 Å². The number of benzene rings is 2. The molecule has 0 fully saturated rings. The summed E-state index contributed by atoms with van der Waals surface area (Å²) in [6, 6.07) is 16.7. The van der Waals surface area contributed by atoms with Crippen molar-refractivity contribution < 1.29 is 13.5 Å². The summed E-state index contributed by atoms with van der Waals surface area (Å²) in [5.74, 6) is -0.0470. The van der Waals surface area contributed by atoms with Crippen LogP contribution in [0.25, 0.3) is 5.70 Å². The van der Waals surface area contributed by atoms with Gasteiger partial charge in [0.05, 0.1) is 17.5 Å². The minimum atomic E-state index is -3.20. The molecule has 0 aliphatic carbocycles. The molecule has 1 aliphatic heterocycles. The van der Waals surface area contributed by atoms with Gasteiger partial charge < -0.3 is 10.4 Å². The Morgan fingerprint density at radius 2 is 1.70 bits per heavy atom. The van der Waals surface area contributed by atoms with Crippen molar-refractivity contribution in [2.24, 2.45) is 5.92 Å². The Bertz CT molecular complexity index is 811. The van der Waals surface area contributed by atoms with Crippen LogP contribution in [0, 0.1) is 5.92 Å². The number of nitrogens with one attached hydrogen (secondary N) is 1. The zero-order valence-electron chi connectivity index (χ0n) is 12.8. The molecule has 0 radical (unpaired) electrons. The van der Waals surface area contributed by atoms with Gasteiger partial charge in [0.15, 0.2) is 9.84 Å². The van der Waals surface area contributed by atoms with Gasteiger partial charge in [0.1, 0.15) is 0 Å². The molecule has 0 aromatic heterocycles. The molecule has 2 aromatic carbocycles. The first-order valence-corrected chi connectivity index (χ1v) is 9.33. The summed E-state index contributed by atoms with van der Waals surface area (Å²) in [4.78, 5) is 0.302. The number of aliphatic hydroxyl groups excluding tert-OH is 1. The number of sulfone groups is 1. The fourth-order valence-electron chi connectivity index (χ4n) is 2.84. The molecule has 1 heterocycles. The zero-order chi connectivity index (χ0) is 16.4. The van der Waals surface area contributed by atoms with Crippen molar-refractivity contribution in [3.8, 4) is 0 Å². The van der Waals surface area contributed by atoms with Crippen LogP contribution in [-0.2, 0) is 9.84 Å². The quantitative estimate of drug-likeness (QED) is 0.904. The van der Waals surface area contributed by atoms with E-state index in [1.54, 1.807) is 24.3 Å². The Morgan fingerprint density at radius 3 is 2.26 bits per heavy atom. The Hall–Kier alpha value is -2.11. The largest absolute Gasteiger partial charge is 0.396 e. The number of hydrogen-bond donors (Lipinski definition) is 2. The maximum atomic E-state index is 11.6. The number of hydrogen-bond acceptors (Lipinski definition) is 4. The molecule has 23 heavy (non-hydrogen) atoms. The Kier molecular flexibility index (Phi) is 4.24. The minimum absolute atomic E-state index is 0.0296. The molecule has 0 amide bonds. The normalized spacial score (nSPS) is 20.9. The molecule has 2 atom stereocenters. The summed E-state index contributed by atoms with van der Waals surface area (Å²) in [5, 5.41) is 13.1. The fraction of sp³-hybridized carbons (Fsp3) is 0.222. The SMILES string of the molecule is CS(=O)(=O)c1ccc([C@@H]2NC(c3ccccc3)=C[C@H]2CO)cc1. The van der Waals surface area contributed by atoms with Crippen molar-refractivity contribution in [3.05, 3.63) is 71.8 Å². The average molecular weight is 329 g/mol. The first kappa shape index (κ1) is 15.8. The molecular weight excluding hydrogens is 310 g/mol. The van der Waals surface area contributed by atoms with Crippen molar-refractivity contribution in [1.29, 1.82) is 0 Å². The molecule has 4 nitrogen and oxygen atoms in total. The predicted molar refractivity (Wildman–Crippen MR) is 90.4 cm³/mol. The van der Waals surface area contributed by atoms with E-state index < -0.39 is 9.84 Å². The van der Waals surface area contributed by atoms with E-state index in [1.165, 1.54) is 6.26 Å². The lowest BCUT2D eigenvalue weighted by atomic mass is 9.96. The Balaban J connectivity index is 1.87. The molecule has 1 aliphatic rings. The highest BCUT2D eigenvalue weighted by Crippen LogP contribution is 2.34. The van der Waals surface area contributed by atoms with Crippen molar-refractivity contribution in [3.63, 3.8) is 0 Å². The lowest BCUT2D eigenvalue weighted by Gasteiger charge is -2.20. The van der Waals surface area contributed by atoms with E-state index in [1.807, 2.05) is 36.4 Å². The van der Waals surface area contributed by atoms with Crippen molar-refractivity contribution in [2.45, 2.75) is 10.9 Å². The van der Waals surface area contributed by atoms with Crippen LogP contribution in [-0.4, -0.2) is 26.4 Å². The van der Waals surface area contributed by atoms with Crippen LogP contribution in [0.5, 0.6) is 0 Å². The van der Waals surface area contributed by atoms with Crippen LogP contribution in [0.15, 0.2) is 65.6 Å². The fourth-order valence-corrected chi connectivity index (χ4v) is 3.47. The zero-order valence-corrected chi connectivity index (χ0v) is 13.6.